The minimum atomic E-state index is -0.849. The quantitative estimate of drug-likeness (QED) is 0.861. The van der Waals surface area contributed by atoms with E-state index < -0.39 is 17.4 Å². The highest BCUT2D eigenvalue weighted by Crippen LogP contribution is 2.23. The molecular weight excluding hydrogens is 254 g/mol. The van der Waals surface area contributed by atoms with Crippen LogP contribution in [0, 0.1) is 5.92 Å². The number of aliphatic carboxylic acids is 1. The molecule has 2 rings (SSSR count). The van der Waals surface area contributed by atoms with Crippen LogP contribution in [0.25, 0.3) is 0 Å². The topological polar surface area (TPSA) is 82.5 Å². The predicted molar refractivity (Wildman–Crippen MR) is 66.4 cm³/mol. The monoisotopic (exact) mass is 269 g/mol. The largest absolute Gasteiger partial charge is 0.481 e. The first-order valence-corrected chi connectivity index (χ1v) is 6.48. The first kappa shape index (κ1) is 12.8. The van der Waals surface area contributed by atoms with Gasteiger partial charge in [-0.2, -0.15) is 0 Å². The number of amides is 2. The lowest BCUT2D eigenvalue weighted by atomic mass is 10.0. The summed E-state index contributed by atoms with van der Waals surface area (Å²) in [4.78, 5) is 28.2. The molecule has 6 nitrogen and oxygen atoms in total. The van der Waals surface area contributed by atoms with E-state index in [-0.39, 0.29) is 19.1 Å². The number of aromatic nitrogens is 1. The van der Waals surface area contributed by atoms with Crippen molar-refractivity contribution in [3.63, 3.8) is 0 Å². The number of carbonyl (C=O) groups excluding carboxylic acids is 1. The standard InChI is InChI=1S/C11H15N3O3S/c1-11(2,9-12-3-4-18-9)13-10(17)14-5-7(6-14)8(15)16/h3-4,7H,5-6H2,1-2H3,(H,13,17)(H,15,16). The molecule has 2 N–H and O–H groups in total. The Hall–Kier alpha value is -1.63. The van der Waals surface area contributed by atoms with Gasteiger partial charge < -0.3 is 15.3 Å². The Bertz CT molecular complexity index is 452. The molecule has 0 unspecified atom stereocenters. The number of nitrogens with one attached hydrogen (secondary N) is 1. The van der Waals surface area contributed by atoms with Crippen molar-refractivity contribution in [3.05, 3.63) is 16.6 Å². The van der Waals surface area contributed by atoms with Gasteiger partial charge in [0.15, 0.2) is 0 Å². The number of carboxylic acid groups (broad SMARTS) is 1. The van der Waals surface area contributed by atoms with E-state index in [1.54, 1.807) is 6.20 Å². The minimum absolute atomic E-state index is 0.243. The molecule has 0 aromatic carbocycles. The fourth-order valence-electron chi connectivity index (χ4n) is 1.73. The maximum atomic E-state index is 11.9. The second kappa shape index (κ2) is 4.56. The summed E-state index contributed by atoms with van der Waals surface area (Å²) in [6.07, 6.45) is 1.69. The number of carboxylic acids is 1. The van der Waals surface area contributed by atoms with Crippen LogP contribution in [-0.2, 0) is 10.3 Å². The summed E-state index contributed by atoms with van der Waals surface area (Å²) in [5.41, 5.74) is -0.542. The number of nitrogens with zero attached hydrogens (tertiary/aromatic N) is 2. The lowest BCUT2D eigenvalue weighted by Crippen LogP contribution is -2.58. The molecule has 1 fully saturated rings. The van der Waals surface area contributed by atoms with Gasteiger partial charge in [0.2, 0.25) is 0 Å². The molecule has 2 heterocycles. The van der Waals surface area contributed by atoms with Crippen LogP contribution in [0.4, 0.5) is 4.79 Å². The Morgan fingerprint density at radius 3 is 2.72 bits per heavy atom. The second-order valence-corrected chi connectivity index (χ2v) is 5.73. The molecule has 1 saturated heterocycles. The number of thiazole rings is 1. The van der Waals surface area contributed by atoms with Crippen LogP contribution >= 0.6 is 11.3 Å². The van der Waals surface area contributed by atoms with Crippen molar-refractivity contribution in [3.8, 4) is 0 Å². The van der Waals surface area contributed by atoms with Gasteiger partial charge in [0.1, 0.15) is 5.01 Å². The molecule has 7 heteroatoms. The van der Waals surface area contributed by atoms with Crippen LogP contribution in [0.15, 0.2) is 11.6 Å². The number of likely N-dealkylation sites (tertiary alicyclic amines) is 1. The van der Waals surface area contributed by atoms with Crippen LogP contribution in [0.3, 0.4) is 0 Å². The number of carbonyl (C=O) groups is 2. The average molecular weight is 269 g/mol. The van der Waals surface area contributed by atoms with Crippen molar-refractivity contribution >= 4 is 23.3 Å². The molecule has 0 aliphatic carbocycles. The van der Waals surface area contributed by atoms with Crippen molar-refractivity contribution in [1.82, 2.24) is 15.2 Å². The van der Waals surface area contributed by atoms with E-state index in [1.165, 1.54) is 16.2 Å². The zero-order valence-electron chi connectivity index (χ0n) is 10.2. The fourth-order valence-corrected chi connectivity index (χ4v) is 2.45. The van der Waals surface area contributed by atoms with Crippen molar-refractivity contribution in [2.24, 2.45) is 5.92 Å². The summed E-state index contributed by atoms with van der Waals surface area (Å²) in [5, 5.41) is 14.3. The van der Waals surface area contributed by atoms with Gasteiger partial charge in [0, 0.05) is 24.7 Å². The third-order valence-electron chi connectivity index (χ3n) is 2.90. The second-order valence-electron chi connectivity index (χ2n) is 4.83. The van der Waals surface area contributed by atoms with Crippen molar-refractivity contribution in [1.29, 1.82) is 0 Å². The summed E-state index contributed by atoms with van der Waals surface area (Å²) < 4.78 is 0. The van der Waals surface area contributed by atoms with Gasteiger partial charge >= 0.3 is 12.0 Å². The Balaban J connectivity index is 1.91. The van der Waals surface area contributed by atoms with Gasteiger partial charge in [-0.25, -0.2) is 9.78 Å². The normalized spacial score (nSPS) is 16.2. The van der Waals surface area contributed by atoms with Crippen LogP contribution in [0.1, 0.15) is 18.9 Å². The van der Waals surface area contributed by atoms with Crippen LogP contribution < -0.4 is 5.32 Å². The Morgan fingerprint density at radius 2 is 2.22 bits per heavy atom. The minimum Gasteiger partial charge on any atom is -0.481 e. The molecular formula is C11H15N3O3S. The number of hydrogen-bond acceptors (Lipinski definition) is 4. The van der Waals surface area contributed by atoms with Crippen LogP contribution in [0.2, 0.25) is 0 Å². The molecule has 1 aliphatic rings. The molecule has 98 valence electrons. The van der Waals surface area contributed by atoms with Crippen molar-refractivity contribution in [2.75, 3.05) is 13.1 Å². The highest BCUT2D eigenvalue weighted by atomic mass is 32.1. The Kier molecular flexibility index (Phi) is 3.25. The van der Waals surface area contributed by atoms with E-state index >= 15 is 0 Å². The number of urea groups is 1. The van der Waals surface area contributed by atoms with E-state index in [0.29, 0.717) is 0 Å². The van der Waals surface area contributed by atoms with Crippen molar-refractivity contribution < 1.29 is 14.7 Å². The van der Waals surface area contributed by atoms with E-state index in [9.17, 15) is 9.59 Å². The summed E-state index contributed by atoms with van der Waals surface area (Å²) in [6, 6.07) is -0.243. The fraction of sp³-hybridized carbons (Fsp3) is 0.545. The highest BCUT2D eigenvalue weighted by molar-refractivity contribution is 7.09. The lowest BCUT2D eigenvalue weighted by molar-refractivity contribution is -0.146. The predicted octanol–water partition coefficient (Wildman–Crippen LogP) is 1.10. The van der Waals surface area contributed by atoms with Gasteiger partial charge in [-0.3, -0.25) is 4.79 Å². The molecule has 0 spiro atoms. The molecule has 1 aromatic heterocycles. The lowest BCUT2D eigenvalue weighted by Gasteiger charge is -2.38. The van der Waals surface area contributed by atoms with Gasteiger partial charge in [-0.1, -0.05) is 0 Å². The number of hydrogen-bond donors (Lipinski definition) is 2. The summed E-state index contributed by atoms with van der Waals surface area (Å²) >= 11 is 1.48. The summed E-state index contributed by atoms with van der Waals surface area (Å²) in [5.74, 6) is -1.28. The molecule has 2 amide bonds. The zero-order valence-corrected chi connectivity index (χ0v) is 11.0. The van der Waals surface area contributed by atoms with Crippen molar-refractivity contribution in [2.45, 2.75) is 19.4 Å². The van der Waals surface area contributed by atoms with E-state index in [4.69, 9.17) is 5.11 Å². The third kappa shape index (κ3) is 2.45. The van der Waals surface area contributed by atoms with Gasteiger partial charge in [-0.05, 0) is 13.8 Å². The first-order chi connectivity index (χ1) is 8.40. The molecule has 18 heavy (non-hydrogen) atoms. The third-order valence-corrected chi connectivity index (χ3v) is 4.00. The first-order valence-electron chi connectivity index (χ1n) is 5.60. The molecule has 1 aliphatic heterocycles. The van der Waals surface area contributed by atoms with E-state index in [0.717, 1.165) is 5.01 Å². The number of rotatable bonds is 3. The zero-order chi connectivity index (χ0) is 13.3. The van der Waals surface area contributed by atoms with Gasteiger partial charge in [-0.15, -0.1) is 11.3 Å². The van der Waals surface area contributed by atoms with E-state index in [2.05, 4.69) is 10.3 Å². The van der Waals surface area contributed by atoms with Crippen LogP contribution in [-0.4, -0.2) is 40.1 Å². The Labute approximate surface area is 109 Å². The maximum Gasteiger partial charge on any atom is 0.318 e. The summed E-state index contributed by atoms with van der Waals surface area (Å²) in [6.45, 7) is 4.29. The maximum absolute atomic E-state index is 11.9. The molecule has 0 atom stereocenters. The molecule has 0 saturated carbocycles. The average Bonchev–Trinajstić information content (AvgIpc) is 2.65. The summed E-state index contributed by atoms with van der Waals surface area (Å²) in [7, 11) is 0. The SMILES string of the molecule is CC(C)(NC(=O)N1CC(C(=O)O)C1)c1nccs1. The smallest absolute Gasteiger partial charge is 0.318 e. The Morgan fingerprint density at radius 1 is 1.56 bits per heavy atom. The molecule has 0 radical (unpaired) electrons. The van der Waals surface area contributed by atoms with Crippen LogP contribution in [0.5, 0.6) is 0 Å². The molecule has 1 aromatic rings. The van der Waals surface area contributed by atoms with Gasteiger partial charge in [0.25, 0.3) is 0 Å². The van der Waals surface area contributed by atoms with Gasteiger partial charge in [0.05, 0.1) is 11.5 Å². The molecule has 0 bridgehead atoms. The van der Waals surface area contributed by atoms with E-state index in [1.807, 2.05) is 19.2 Å². The highest BCUT2D eigenvalue weighted by Gasteiger charge is 2.37.